The van der Waals surface area contributed by atoms with Crippen molar-refractivity contribution in [3.8, 4) is 0 Å². The summed E-state index contributed by atoms with van der Waals surface area (Å²) >= 11 is 0. The molecule has 0 amide bonds. The lowest BCUT2D eigenvalue weighted by molar-refractivity contribution is 0.315. The number of aromatic nitrogens is 4. The van der Waals surface area contributed by atoms with E-state index in [9.17, 15) is 4.39 Å². The molecule has 0 saturated carbocycles. The van der Waals surface area contributed by atoms with Crippen molar-refractivity contribution in [3.05, 3.63) is 35.8 Å². The molecule has 21 heavy (non-hydrogen) atoms. The number of hydrogen-bond acceptors (Lipinski definition) is 7. The molecule has 0 unspecified atom stereocenters. The van der Waals surface area contributed by atoms with Crippen molar-refractivity contribution in [2.75, 3.05) is 24.3 Å². The fourth-order valence-electron chi connectivity index (χ4n) is 1.88. The summed E-state index contributed by atoms with van der Waals surface area (Å²) in [4.78, 5) is 9.63. The van der Waals surface area contributed by atoms with Gasteiger partial charge in [0.25, 0.3) is 0 Å². The van der Waals surface area contributed by atoms with Crippen molar-refractivity contribution in [2.24, 2.45) is 0 Å². The third-order valence-electron chi connectivity index (χ3n) is 2.92. The van der Waals surface area contributed by atoms with Crippen molar-refractivity contribution in [2.45, 2.75) is 6.54 Å². The lowest BCUT2D eigenvalue weighted by Gasteiger charge is -2.13. The topological polar surface area (TPSA) is 80.0 Å². The van der Waals surface area contributed by atoms with Gasteiger partial charge < -0.3 is 10.2 Å². The minimum Gasteiger partial charge on any atom is -0.360 e. The van der Waals surface area contributed by atoms with Crippen LogP contribution in [0.5, 0.6) is 0 Å². The lowest BCUT2D eigenvalue weighted by atomic mass is 10.2. The van der Waals surface area contributed by atoms with Gasteiger partial charge in [0.1, 0.15) is 11.0 Å². The summed E-state index contributed by atoms with van der Waals surface area (Å²) in [6, 6.07) is 5.57. The Morgan fingerprint density at radius 1 is 1.24 bits per heavy atom. The standard InChI is InChI=1S/C13H13FN6O/c1-20(2)12-9(14)7-16-13(17-12)15-6-8-3-4-10-11(5-8)19-21-18-10/h3-5,7H,6H2,1-2H3,(H,15,16,17). The molecule has 3 aromatic rings. The monoisotopic (exact) mass is 288 g/mol. The average Bonchev–Trinajstić information content (AvgIpc) is 2.93. The number of nitrogens with zero attached hydrogens (tertiary/aromatic N) is 5. The molecule has 3 rings (SSSR count). The molecule has 0 spiro atoms. The summed E-state index contributed by atoms with van der Waals surface area (Å²) in [6.45, 7) is 0.487. The number of benzene rings is 1. The molecule has 0 bridgehead atoms. The first-order chi connectivity index (χ1) is 10.1. The van der Waals surface area contributed by atoms with Crippen molar-refractivity contribution >= 4 is 22.8 Å². The van der Waals surface area contributed by atoms with Crippen LogP contribution in [0.2, 0.25) is 0 Å². The van der Waals surface area contributed by atoms with Crippen molar-refractivity contribution in [3.63, 3.8) is 0 Å². The van der Waals surface area contributed by atoms with Crippen molar-refractivity contribution < 1.29 is 9.02 Å². The van der Waals surface area contributed by atoms with E-state index in [2.05, 4.69) is 30.2 Å². The Hall–Kier alpha value is -2.77. The number of nitrogens with one attached hydrogen (secondary N) is 1. The zero-order chi connectivity index (χ0) is 14.8. The minimum atomic E-state index is -0.458. The number of rotatable bonds is 4. The summed E-state index contributed by atoms with van der Waals surface area (Å²) in [5.74, 6) is 0.141. The van der Waals surface area contributed by atoms with Crippen LogP contribution in [0.3, 0.4) is 0 Å². The normalized spacial score (nSPS) is 10.8. The number of hydrogen-bond donors (Lipinski definition) is 1. The van der Waals surface area contributed by atoms with E-state index in [1.807, 2.05) is 18.2 Å². The molecule has 0 aliphatic heterocycles. The van der Waals surface area contributed by atoms with Crippen molar-refractivity contribution in [1.82, 2.24) is 20.3 Å². The molecule has 0 aliphatic rings. The molecule has 2 heterocycles. The van der Waals surface area contributed by atoms with Crippen LogP contribution >= 0.6 is 0 Å². The molecule has 0 atom stereocenters. The molecule has 0 aliphatic carbocycles. The average molecular weight is 288 g/mol. The van der Waals surface area contributed by atoms with Crippen LogP contribution in [-0.4, -0.2) is 34.4 Å². The summed E-state index contributed by atoms with van der Waals surface area (Å²) in [7, 11) is 3.45. The number of fused-ring (bicyclic) bond motifs is 1. The van der Waals surface area contributed by atoms with E-state index in [0.29, 0.717) is 23.5 Å². The number of halogens is 1. The maximum atomic E-state index is 13.5. The van der Waals surface area contributed by atoms with Crippen LogP contribution in [0.1, 0.15) is 5.56 Å². The highest BCUT2D eigenvalue weighted by Crippen LogP contribution is 2.16. The highest BCUT2D eigenvalue weighted by molar-refractivity contribution is 5.73. The van der Waals surface area contributed by atoms with Crippen LogP contribution in [0.4, 0.5) is 16.2 Å². The Morgan fingerprint density at radius 3 is 2.86 bits per heavy atom. The van der Waals surface area contributed by atoms with Gasteiger partial charge in [-0.2, -0.15) is 4.98 Å². The summed E-state index contributed by atoms with van der Waals surface area (Å²) in [5.41, 5.74) is 2.35. The van der Waals surface area contributed by atoms with E-state index >= 15 is 0 Å². The summed E-state index contributed by atoms with van der Waals surface area (Å²) in [6.07, 6.45) is 1.15. The van der Waals surface area contributed by atoms with Crippen LogP contribution < -0.4 is 10.2 Å². The van der Waals surface area contributed by atoms with Gasteiger partial charge in [0.2, 0.25) is 5.95 Å². The molecule has 7 nitrogen and oxygen atoms in total. The van der Waals surface area contributed by atoms with Crippen molar-refractivity contribution in [1.29, 1.82) is 0 Å². The van der Waals surface area contributed by atoms with Gasteiger partial charge in [0.05, 0.1) is 6.20 Å². The summed E-state index contributed by atoms with van der Waals surface area (Å²) in [5, 5.41) is 10.6. The smallest absolute Gasteiger partial charge is 0.225 e. The van der Waals surface area contributed by atoms with E-state index in [4.69, 9.17) is 0 Å². The Bertz CT molecular complexity index is 772. The van der Waals surface area contributed by atoms with Gasteiger partial charge in [-0.3, -0.25) is 0 Å². The third-order valence-corrected chi connectivity index (χ3v) is 2.92. The Labute approximate surface area is 119 Å². The SMILES string of the molecule is CN(C)c1nc(NCc2ccc3nonc3c2)ncc1F. The van der Waals surface area contributed by atoms with E-state index in [-0.39, 0.29) is 5.82 Å². The first kappa shape index (κ1) is 13.2. The highest BCUT2D eigenvalue weighted by atomic mass is 19.1. The second-order valence-corrected chi connectivity index (χ2v) is 4.70. The van der Waals surface area contributed by atoms with Gasteiger partial charge in [0, 0.05) is 20.6 Å². The van der Waals surface area contributed by atoms with Gasteiger partial charge in [-0.05, 0) is 28.0 Å². The fraction of sp³-hybridized carbons (Fsp3) is 0.231. The van der Waals surface area contributed by atoms with Gasteiger partial charge in [-0.25, -0.2) is 14.0 Å². The van der Waals surface area contributed by atoms with Crippen LogP contribution in [0.25, 0.3) is 11.0 Å². The third kappa shape index (κ3) is 2.73. The Balaban J connectivity index is 1.76. The van der Waals surface area contributed by atoms with Crippen LogP contribution in [0, 0.1) is 5.82 Å². The molecule has 0 radical (unpaired) electrons. The molecule has 2 aromatic heterocycles. The van der Waals surface area contributed by atoms with E-state index in [1.54, 1.807) is 19.0 Å². The van der Waals surface area contributed by atoms with Gasteiger partial charge in [-0.15, -0.1) is 0 Å². The lowest BCUT2D eigenvalue weighted by Crippen LogP contribution is -2.15. The minimum absolute atomic E-state index is 0.239. The van der Waals surface area contributed by atoms with E-state index in [1.165, 1.54) is 0 Å². The zero-order valence-electron chi connectivity index (χ0n) is 11.5. The molecular weight excluding hydrogens is 275 g/mol. The largest absolute Gasteiger partial charge is 0.360 e. The first-order valence-electron chi connectivity index (χ1n) is 6.28. The fourth-order valence-corrected chi connectivity index (χ4v) is 1.88. The van der Waals surface area contributed by atoms with E-state index in [0.717, 1.165) is 11.8 Å². The van der Waals surface area contributed by atoms with Gasteiger partial charge >= 0.3 is 0 Å². The second-order valence-electron chi connectivity index (χ2n) is 4.70. The molecule has 0 fully saturated rings. The second kappa shape index (κ2) is 5.31. The number of anilines is 2. The maximum absolute atomic E-state index is 13.5. The molecule has 1 aromatic carbocycles. The molecule has 8 heteroatoms. The maximum Gasteiger partial charge on any atom is 0.225 e. The van der Waals surface area contributed by atoms with Crippen LogP contribution in [-0.2, 0) is 6.54 Å². The molecule has 0 saturated heterocycles. The Kier molecular flexibility index (Phi) is 3.35. The molecule has 108 valence electrons. The Morgan fingerprint density at radius 2 is 2.05 bits per heavy atom. The predicted molar refractivity (Wildman–Crippen MR) is 75.4 cm³/mol. The highest BCUT2D eigenvalue weighted by Gasteiger charge is 2.09. The predicted octanol–water partition coefficient (Wildman–Crippen LogP) is 1.83. The quantitative estimate of drug-likeness (QED) is 0.784. The summed E-state index contributed by atoms with van der Waals surface area (Å²) < 4.78 is 18.1. The molecule has 1 N–H and O–H groups in total. The van der Waals surface area contributed by atoms with Crippen LogP contribution in [0.15, 0.2) is 29.0 Å². The molecular formula is C13H13FN6O. The van der Waals surface area contributed by atoms with Gasteiger partial charge in [-0.1, -0.05) is 6.07 Å². The first-order valence-corrected chi connectivity index (χ1v) is 6.28. The van der Waals surface area contributed by atoms with E-state index < -0.39 is 5.82 Å². The zero-order valence-corrected chi connectivity index (χ0v) is 11.5. The van der Waals surface area contributed by atoms with Gasteiger partial charge in [0.15, 0.2) is 11.6 Å².